The van der Waals surface area contributed by atoms with Crippen LogP contribution in [0.2, 0.25) is 0 Å². The van der Waals surface area contributed by atoms with Gasteiger partial charge in [0, 0.05) is 76.8 Å². The molecule has 1 N–H and O–H groups in total. The van der Waals surface area contributed by atoms with Crippen molar-refractivity contribution < 1.29 is 62.1 Å². The van der Waals surface area contributed by atoms with Crippen LogP contribution in [0.5, 0.6) is 11.5 Å². The normalized spacial score (nSPS) is 12.8. The molecular weight excluding hydrogens is 965 g/mol. The Bertz CT molecular complexity index is 2710. The molecule has 0 heterocycles. The Morgan fingerprint density at radius 1 is 0.539 bits per heavy atom. The number of benzene rings is 3. The van der Waals surface area contributed by atoms with E-state index < -0.39 is 23.9 Å². The molecule has 0 saturated heterocycles. The van der Waals surface area contributed by atoms with Crippen LogP contribution in [0.25, 0.3) is 5.57 Å². The van der Waals surface area contributed by atoms with E-state index in [0.29, 0.717) is 110 Å². The fraction of sp³-hybridized carbons (Fsp3) is 0.355. The third-order valence-corrected chi connectivity index (χ3v) is 12.4. The maximum atomic E-state index is 14.1. The molecule has 3 aromatic carbocycles. The van der Waals surface area contributed by atoms with Crippen molar-refractivity contribution in [3.05, 3.63) is 168 Å². The van der Waals surface area contributed by atoms with Crippen molar-refractivity contribution in [3.63, 3.8) is 0 Å². The highest BCUT2D eigenvalue weighted by Crippen LogP contribution is 2.41. The third kappa shape index (κ3) is 16.5. The number of rotatable bonds is 30. The van der Waals surface area contributed by atoms with Gasteiger partial charge in [-0.25, -0.2) is 19.2 Å². The molecule has 5 rings (SSSR count). The molecular formula is C62H73N2O12+. The molecule has 0 spiro atoms. The Labute approximate surface area is 447 Å². The number of anilines is 2. The van der Waals surface area contributed by atoms with Crippen LogP contribution in [0.15, 0.2) is 163 Å². The van der Waals surface area contributed by atoms with Gasteiger partial charge in [-0.2, -0.15) is 4.58 Å². The highest BCUT2D eigenvalue weighted by molar-refractivity contribution is 6.39. The minimum absolute atomic E-state index is 0.116. The van der Waals surface area contributed by atoms with Gasteiger partial charge in [0.1, 0.15) is 17.3 Å². The molecule has 14 nitrogen and oxygen atoms in total. The van der Waals surface area contributed by atoms with Crippen LogP contribution < -0.4 is 14.4 Å². The van der Waals surface area contributed by atoms with Crippen LogP contribution in [0.1, 0.15) is 98.5 Å². The number of ketones is 1. The van der Waals surface area contributed by atoms with Gasteiger partial charge >= 0.3 is 23.9 Å². The lowest BCUT2D eigenvalue weighted by Gasteiger charge is -2.35. The summed E-state index contributed by atoms with van der Waals surface area (Å²) in [6, 6.07) is 22.6. The van der Waals surface area contributed by atoms with E-state index in [2.05, 4.69) is 35.8 Å². The second kappa shape index (κ2) is 29.2. The van der Waals surface area contributed by atoms with Gasteiger partial charge in [-0.15, -0.1) is 0 Å². The second-order valence-corrected chi connectivity index (χ2v) is 18.7. The van der Waals surface area contributed by atoms with Crippen molar-refractivity contribution in [1.82, 2.24) is 0 Å². The Morgan fingerprint density at radius 2 is 0.921 bits per heavy atom. The van der Waals surface area contributed by atoms with Gasteiger partial charge in [-0.3, -0.25) is 4.79 Å². The zero-order chi connectivity index (χ0) is 55.3. The van der Waals surface area contributed by atoms with Crippen molar-refractivity contribution in [1.29, 1.82) is 0 Å². The number of aliphatic hydroxyl groups is 1. The standard InChI is InChI=1S/C62H72N2O12/c1-11-71-53-33-29-51(30-34-53)63(47(17-13-37-73-59(67)41(3)4)18-14-38-74-60(68)42(5)6)49-25-21-45(22-26-49)55-57(65)56(58(55)66)46-23-27-50(28-24-46)64(52-31-35-54(36-32-52)72-12-2)48(19-15-39-75-61(69)43(7)8)20-16-40-76-62(70)44(9)10/h21-36,47-48H,3,5,7,9,11-20,37-40H2,1-2,4,6,8,10H3/p+1. The first-order valence-electron chi connectivity index (χ1n) is 25.9. The number of aliphatic hydroxyl groups excluding tert-OH is 1. The molecule has 0 amide bonds. The van der Waals surface area contributed by atoms with E-state index in [0.717, 1.165) is 22.8 Å². The molecule has 0 saturated carbocycles. The Morgan fingerprint density at radius 3 is 1.30 bits per heavy atom. The highest BCUT2D eigenvalue weighted by Gasteiger charge is 2.37. The lowest BCUT2D eigenvalue weighted by Crippen LogP contribution is -2.32. The summed E-state index contributed by atoms with van der Waals surface area (Å²) in [5.41, 5.74) is 6.08. The highest BCUT2D eigenvalue weighted by atomic mass is 16.5. The zero-order valence-electron chi connectivity index (χ0n) is 45.0. The molecule has 0 aromatic heterocycles. The fourth-order valence-electron chi connectivity index (χ4n) is 8.63. The van der Waals surface area contributed by atoms with Gasteiger partial charge < -0.3 is 38.4 Å². The van der Waals surface area contributed by atoms with Crippen molar-refractivity contribution in [2.45, 2.75) is 105 Å². The topological polar surface area (TPSA) is 167 Å². The summed E-state index contributed by atoms with van der Waals surface area (Å²) in [6.45, 7) is 26.8. The molecule has 14 heteroatoms. The minimum Gasteiger partial charge on any atom is -0.506 e. The number of esters is 4. The van der Waals surface area contributed by atoms with Gasteiger partial charge in [0.25, 0.3) is 0 Å². The predicted molar refractivity (Wildman–Crippen MR) is 296 cm³/mol. The molecule has 2 aliphatic rings. The number of Topliss-reactive ketones (excluding diaryl/α,β-unsaturated/α-hetero) is 1. The first-order chi connectivity index (χ1) is 36.4. The maximum absolute atomic E-state index is 14.1. The lowest BCUT2D eigenvalue weighted by atomic mass is 9.80. The average molecular weight is 1040 g/mol. The van der Waals surface area contributed by atoms with Gasteiger partial charge in [0.2, 0.25) is 17.2 Å². The molecule has 0 bridgehead atoms. The smallest absolute Gasteiger partial charge is 0.333 e. The molecule has 0 unspecified atom stereocenters. The minimum atomic E-state index is -0.458. The van der Waals surface area contributed by atoms with Gasteiger partial charge in [0.05, 0.1) is 50.8 Å². The van der Waals surface area contributed by atoms with Crippen LogP contribution in [0.4, 0.5) is 17.1 Å². The zero-order valence-corrected chi connectivity index (χ0v) is 45.0. The van der Waals surface area contributed by atoms with E-state index in [1.807, 2.05) is 111 Å². The van der Waals surface area contributed by atoms with Gasteiger partial charge in [-0.1, -0.05) is 38.4 Å². The van der Waals surface area contributed by atoms with E-state index >= 15 is 0 Å². The van der Waals surface area contributed by atoms with Crippen LogP contribution in [-0.2, 0) is 42.9 Å². The summed E-state index contributed by atoms with van der Waals surface area (Å²) in [7, 11) is 0. The Kier molecular flexibility index (Phi) is 22.6. The van der Waals surface area contributed by atoms with E-state index in [1.54, 1.807) is 27.7 Å². The summed E-state index contributed by atoms with van der Waals surface area (Å²) in [4.78, 5) is 65.2. The van der Waals surface area contributed by atoms with Crippen LogP contribution >= 0.6 is 0 Å². The Hall–Kier alpha value is -8.00. The van der Waals surface area contributed by atoms with Crippen molar-refractivity contribution in [2.24, 2.45) is 0 Å². The number of carbonyl (C=O) groups is 5. The maximum Gasteiger partial charge on any atom is 0.333 e. The number of nitrogens with zero attached hydrogens (tertiary/aromatic N) is 2. The summed E-state index contributed by atoms with van der Waals surface area (Å²) in [5, 5.41) is 11.7. The van der Waals surface area contributed by atoms with E-state index in [1.165, 1.54) is 0 Å². The third-order valence-electron chi connectivity index (χ3n) is 12.4. The number of ether oxygens (including phenoxy) is 6. The number of carbonyl (C=O) groups excluding carboxylic acids is 5. The summed E-state index contributed by atoms with van der Waals surface area (Å²) in [5.74, 6) is -0.824. The molecule has 0 atom stereocenters. The number of hydrogen-bond acceptors (Lipinski definition) is 13. The van der Waals surface area contributed by atoms with Gasteiger partial charge in [0.15, 0.2) is 6.04 Å². The first kappa shape index (κ1) is 58.9. The van der Waals surface area contributed by atoms with E-state index in [4.69, 9.17) is 28.4 Å². The summed E-state index contributed by atoms with van der Waals surface area (Å²) in [6.07, 6.45) is 12.0. The number of allylic oxidation sites excluding steroid dienone is 7. The monoisotopic (exact) mass is 1040 g/mol. The fourth-order valence-corrected chi connectivity index (χ4v) is 8.63. The van der Waals surface area contributed by atoms with Gasteiger partial charge in [-0.05, 0) is 152 Å². The molecule has 2 aliphatic carbocycles. The number of hydrogen-bond donors (Lipinski definition) is 1. The molecule has 0 fully saturated rings. The largest absolute Gasteiger partial charge is 0.506 e. The van der Waals surface area contributed by atoms with Crippen LogP contribution in [0.3, 0.4) is 0 Å². The van der Waals surface area contributed by atoms with Crippen LogP contribution in [0, 0.1) is 0 Å². The SMILES string of the molecule is C=C(C)C(=O)OCCCC(CCCOC(=O)C(=C)C)N(c1ccc(OCC)cc1)c1ccc(C2=C(O)C(=C3C=CC(=[N+](c4ccc(OCC)cc4)C(CCCOC(=O)C(=C)C)CCCOC(=O)C(=C)C)C=C3)C2=O)cc1. The molecule has 402 valence electrons. The van der Waals surface area contributed by atoms with Crippen molar-refractivity contribution in [3.8, 4) is 11.5 Å². The molecule has 76 heavy (non-hydrogen) atoms. The molecule has 3 aromatic rings. The predicted octanol–water partition coefficient (Wildman–Crippen LogP) is 12.0. The average Bonchev–Trinajstić information content (AvgIpc) is 3.41. The van der Waals surface area contributed by atoms with Crippen LogP contribution in [-0.4, -0.2) is 96.8 Å². The lowest BCUT2D eigenvalue weighted by molar-refractivity contribution is -0.486. The van der Waals surface area contributed by atoms with Crippen molar-refractivity contribution >= 4 is 58.0 Å². The van der Waals surface area contributed by atoms with E-state index in [9.17, 15) is 29.1 Å². The second-order valence-electron chi connectivity index (χ2n) is 18.7. The first-order valence-corrected chi connectivity index (χ1v) is 25.9. The molecule has 0 aliphatic heterocycles. The summed E-state index contributed by atoms with van der Waals surface area (Å²) < 4.78 is 35.5. The van der Waals surface area contributed by atoms with E-state index in [-0.39, 0.29) is 61.2 Å². The quantitative estimate of drug-likeness (QED) is 0.0220. The molecule has 0 radical (unpaired) electrons. The van der Waals surface area contributed by atoms with Crippen molar-refractivity contribution in [2.75, 3.05) is 44.5 Å². The summed E-state index contributed by atoms with van der Waals surface area (Å²) >= 11 is 0. The Balaban J connectivity index is 1.47.